The minimum absolute atomic E-state index is 0.0155. The Hall–Kier alpha value is -2.81. The fourth-order valence-electron chi connectivity index (χ4n) is 3.26. The molecule has 1 N–H and O–H groups in total. The van der Waals surface area contributed by atoms with E-state index in [0.717, 1.165) is 44.3 Å². The molecule has 2 heterocycles. The monoisotopic (exact) mass is 424 g/mol. The van der Waals surface area contributed by atoms with E-state index in [4.69, 9.17) is 9.15 Å². The molecule has 6 nitrogen and oxygen atoms in total. The van der Waals surface area contributed by atoms with Crippen molar-refractivity contribution in [1.29, 1.82) is 0 Å². The smallest absolute Gasteiger partial charge is 0.416 e. The van der Waals surface area contributed by atoms with Gasteiger partial charge in [-0.15, -0.1) is 0 Å². The Morgan fingerprint density at radius 3 is 2.53 bits per heavy atom. The van der Waals surface area contributed by atoms with Crippen LogP contribution in [0.15, 0.2) is 45.8 Å². The number of rotatable bonds is 6. The fraction of sp³-hybridized carbons (Fsp3) is 0.429. The maximum Gasteiger partial charge on any atom is 0.416 e. The van der Waals surface area contributed by atoms with Gasteiger partial charge in [-0.1, -0.05) is 18.9 Å². The molecule has 0 unspecified atom stereocenters. The van der Waals surface area contributed by atoms with Crippen LogP contribution in [-0.2, 0) is 17.5 Å². The number of halogens is 3. The molecule has 1 amide bonds. The van der Waals surface area contributed by atoms with E-state index in [2.05, 4.69) is 10.2 Å². The third kappa shape index (κ3) is 6.35. The number of nitrogens with one attached hydrogen (secondary N) is 1. The molecular formula is C21H23F3N2O4. The molecule has 3 rings (SSSR count). The number of ether oxygens (including phenoxy) is 1. The lowest BCUT2D eigenvalue weighted by Crippen LogP contribution is -2.25. The van der Waals surface area contributed by atoms with Gasteiger partial charge in [-0.05, 0) is 44.1 Å². The van der Waals surface area contributed by atoms with E-state index in [0.29, 0.717) is 12.3 Å². The van der Waals surface area contributed by atoms with E-state index in [1.807, 2.05) is 0 Å². The third-order valence-electron chi connectivity index (χ3n) is 4.76. The Bertz CT molecular complexity index is 919. The van der Waals surface area contributed by atoms with Crippen LogP contribution in [0.4, 0.5) is 18.9 Å². The second kappa shape index (κ2) is 9.80. The highest BCUT2D eigenvalue weighted by Crippen LogP contribution is 2.30. The number of alkyl halides is 3. The molecule has 1 aromatic heterocycles. The molecule has 1 aliphatic rings. The van der Waals surface area contributed by atoms with Crippen molar-refractivity contribution in [1.82, 2.24) is 4.90 Å². The summed E-state index contributed by atoms with van der Waals surface area (Å²) >= 11 is 0. The summed E-state index contributed by atoms with van der Waals surface area (Å²) in [6.45, 7) is 1.91. The molecule has 1 aliphatic heterocycles. The molecule has 0 bridgehead atoms. The molecule has 1 saturated heterocycles. The number of carbonyl (C=O) groups excluding carboxylic acids is 1. The first-order chi connectivity index (χ1) is 14.3. The van der Waals surface area contributed by atoms with E-state index in [9.17, 15) is 22.8 Å². The molecule has 0 radical (unpaired) electrons. The third-order valence-corrected chi connectivity index (χ3v) is 4.76. The van der Waals surface area contributed by atoms with Gasteiger partial charge >= 0.3 is 6.18 Å². The molecule has 0 atom stereocenters. The lowest BCUT2D eigenvalue weighted by atomic mass is 10.2. The highest BCUT2D eigenvalue weighted by Gasteiger charge is 2.30. The maximum atomic E-state index is 12.7. The zero-order valence-corrected chi connectivity index (χ0v) is 16.3. The summed E-state index contributed by atoms with van der Waals surface area (Å²) in [5.74, 6) is -0.307. The summed E-state index contributed by atoms with van der Waals surface area (Å²) in [5, 5.41) is 2.31. The molecule has 1 aromatic carbocycles. The molecular weight excluding hydrogens is 401 g/mol. The Kier molecular flexibility index (Phi) is 7.15. The van der Waals surface area contributed by atoms with Crippen molar-refractivity contribution in [3.05, 3.63) is 58.1 Å². The first kappa shape index (κ1) is 21.9. The van der Waals surface area contributed by atoms with Crippen LogP contribution in [-0.4, -0.2) is 30.5 Å². The molecule has 30 heavy (non-hydrogen) atoms. The number of hydrogen-bond donors (Lipinski definition) is 1. The van der Waals surface area contributed by atoms with Crippen molar-refractivity contribution >= 4 is 11.6 Å². The number of likely N-dealkylation sites (tertiary alicyclic amines) is 1. The molecule has 0 saturated carbocycles. The van der Waals surface area contributed by atoms with Crippen LogP contribution < -0.4 is 15.5 Å². The molecule has 2 aromatic rings. The van der Waals surface area contributed by atoms with Crippen molar-refractivity contribution in [2.24, 2.45) is 0 Å². The van der Waals surface area contributed by atoms with Gasteiger partial charge in [0.15, 0.2) is 6.61 Å². The summed E-state index contributed by atoms with van der Waals surface area (Å²) in [4.78, 5) is 26.4. The van der Waals surface area contributed by atoms with Crippen molar-refractivity contribution in [3.63, 3.8) is 0 Å². The zero-order chi connectivity index (χ0) is 21.6. The van der Waals surface area contributed by atoms with Gasteiger partial charge in [0.25, 0.3) is 5.91 Å². The maximum absolute atomic E-state index is 12.7. The summed E-state index contributed by atoms with van der Waals surface area (Å²) in [7, 11) is 0. The van der Waals surface area contributed by atoms with Crippen molar-refractivity contribution in [3.8, 4) is 5.75 Å². The lowest BCUT2D eigenvalue weighted by molar-refractivity contribution is -0.137. The lowest BCUT2D eigenvalue weighted by Gasteiger charge is -2.18. The van der Waals surface area contributed by atoms with Crippen molar-refractivity contribution in [2.45, 2.75) is 38.4 Å². The van der Waals surface area contributed by atoms with E-state index in [-0.39, 0.29) is 11.4 Å². The minimum Gasteiger partial charge on any atom is -0.477 e. The van der Waals surface area contributed by atoms with Gasteiger partial charge in [0.1, 0.15) is 12.0 Å². The van der Waals surface area contributed by atoms with E-state index < -0.39 is 29.7 Å². The number of amides is 1. The quantitative estimate of drug-likeness (QED) is 0.758. The van der Waals surface area contributed by atoms with Crippen molar-refractivity contribution < 1.29 is 27.1 Å². The van der Waals surface area contributed by atoms with E-state index >= 15 is 0 Å². The molecule has 162 valence electrons. The van der Waals surface area contributed by atoms with Gasteiger partial charge in [0, 0.05) is 11.8 Å². The number of carbonyl (C=O) groups is 1. The predicted molar refractivity (Wildman–Crippen MR) is 104 cm³/mol. The van der Waals surface area contributed by atoms with Gasteiger partial charge in [0.05, 0.1) is 12.1 Å². The molecule has 0 spiro atoms. The number of benzene rings is 1. The van der Waals surface area contributed by atoms with Gasteiger partial charge < -0.3 is 14.5 Å². The second-order valence-electron chi connectivity index (χ2n) is 7.18. The van der Waals surface area contributed by atoms with Crippen LogP contribution in [0.5, 0.6) is 5.75 Å². The van der Waals surface area contributed by atoms with Gasteiger partial charge in [-0.25, -0.2) is 0 Å². The molecule has 0 aliphatic carbocycles. The van der Waals surface area contributed by atoms with Crippen LogP contribution in [0.3, 0.4) is 0 Å². The summed E-state index contributed by atoms with van der Waals surface area (Å²) in [6, 6.07) is 5.59. The Morgan fingerprint density at radius 2 is 1.87 bits per heavy atom. The first-order valence-corrected chi connectivity index (χ1v) is 9.75. The Balaban J connectivity index is 1.54. The average molecular weight is 424 g/mol. The second-order valence-corrected chi connectivity index (χ2v) is 7.18. The topological polar surface area (TPSA) is 71.8 Å². The normalized spacial score (nSPS) is 15.4. The number of hydrogen-bond acceptors (Lipinski definition) is 5. The molecule has 9 heteroatoms. The number of anilines is 1. The highest BCUT2D eigenvalue weighted by molar-refractivity contribution is 5.91. The number of nitrogens with zero attached hydrogens (tertiary/aromatic N) is 1. The van der Waals surface area contributed by atoms with Gasteiger partial charge in [-0.2, -0.15) is 13.2 Å². The highest BCUT2D eigenvalue weighted by atomic mass is 19.4. The average Bonchev–Trinajstić information content (AvgIpc) is 2.95. The van der Waals surface area contributed by atoms with Crippen LogP contribution in [0.1, 0.15) is 37.0 Å². The van der Waals surface area contributed by atoms with E-state index in [1.54, 1.807) is 0 Å². The predicted octanol–water partition coefficient (Wildman–Crippen LogP) is 4.05. The van der Waals surface area contributed by atoms with Crippen LogP contribution in [0, 0.1) is 0 Å². The fourth-order valence-corrected chi connectivity index (χ4v) is 3.26. The van der Waals surface area contributed by atoms with Gasteiger partial charge in [0.2, 0.25) is 11.2 Å². The van der Waals surface area contributed by atoms with Crippen LogP contribution in [0.2, 0.25) is 0 Å². The molecule has 1 fully saturated rings. The Labute approximate surface area is 171 Å². The summed E-state index contributed by atoms with van der Waals surface area (Å²) in [5.41, 5.74) is -1.31. The van der Waals surface area contributed by atoms with Gasteiger partial charge in [-0.3, -0.25) is 14.5 Å². The zero-order valence-electron chi connectivity index (χ0n) is 16.3. The SMILES string of the molecule is O=C(COc1coc(CN2CCCCCC2)cc1=O)Nc1cccc(C(F)(F)F)c1. The largest absolute Gasteiger partial charge is 0.477 e. The van der Waals surface area contributed by atoms with Crippen molar-refractivity contribution in [2.75, 3.05) is 25.0 Å². The Morgan fingerprint density at radius 1 is 1.13 bits per heavy atom. The standard InChI is InChI=1S/C21H23F3N2O4/c22-21(23,24)15-6-5-7-16(10-15)25-20(28)14-30-19-13-29-17(11-18(19)27)12-26-8-3-1-2-4-9-26/h5-7,10-11,13H,1-4,8-9,12,14H2,(H,25,28). The van der Waals surface area contributed by atoms with Crippen LogP contribution in [0.25, 0.3) is 0 Å². The first-order valence-electron chi connectivity index (χ1n) is 9.75. The summed E-state index contributed by atoms with van der Waals surface area (Å²) < 4.78 is 48.8. The summed E-state index contributed by atoms with van der Waals surface area (Å²) in [6.07, 6.45) is 1.29. The van der Waals surface area contributed by atoms with Crippen LogP contribution >= 0.6 is 0 Å². The van der Waals surface area contributed by atoms with E-state index in [1.165, 1.54) is 31.0 Å². The minimum atomic E-state index is -4.51.